The van der Waals surface area contributed by atoms with Crippen LogP contribution in [0.25, 0.3) is 0 Å². The van der Waals surface area contributed by atoms with Crippen molar-refractivity contribution < 1.29 is 9.13 Å². The molecule has 24 heavy (non-hydrogen) atoms. The van der Waals surface area contributed by atoms with E-state index in [1.165, 1.54) is 12.1 Å². The van der Waals surface area contributed by atoms with Crippen molar-refractivity contribution in [2.24, 2.45) is 12.0 Å². The van der Waals surface area contributed by atoms with Crippen LogP contribution in [0.3, 0.4) is 0 Å². The maximum atomic E-state index is 13.1. The monoisotopic (exact) mass is 447 g/mol. The number of nitrogens with zero attached hydrogens (tertiary/aromatic N) is 3. The first kappa shape index (κ1) is 20.2. The van der Waals surface area contributed by atoms with Gasteiger partial charge >= 0.3 is 0 Å². The molecule has 0 saturated heterocycles. The van der Waals surface area contributed by atoms with Crippen molar-refractivity contribution in [3.8, 4) is 5.75 Å². The molecule has 0 aliphatic carbocycles. The Morgan fingerprint density at radius 3 is 2.83 bits per heavy atom. The first-order chi connectivity index (χ1) is 11.1. The summed E-state index contributed by atoms with van der Waals surface area (Å²) < 4.78 is 20.5. The van der Waals surface area contributed by atoms with Crippen molar-refractivity contribution in [3.05, 3.63) is 48.0 Å². The number of halogens is 2. The van der Waals surface area contributed by atoms with Gasteiger partial charge in [-0.2, -0.15) is 5.10 Å². The molecule has 1 heterocycles. The zero-order valence-corrected chi connectivity index (χ0v) is 16.3. The summed E-state index contributed by atoms with van der Waals surface area (Å²) in [6.07, 6.45) is 3.61. The van der Waals surface area contributed by atoms with Gasteiger partial charge in [0.05, 0.1) is 12.7 Å². The zero-order valence-electron chi connectivity index (χ0n) is 14.0. The number of aryl methyl sites for hydroxylation is 1. The molecule has 2 rings (SSSR count). The molecule has 6 nitrogen and oxygen atoms in total. The van der Waals surface area contributed by atoms with E-state index in [0.717, 1.165) is 5.56 Å². The third kappa shape index (κ3) is 6.73. The Balaban J connectivity index is 0.00000288. The van der Waals surface area contributed by atoms with Gasteiger partial charge in [-0.05, 0) is 19.1 Å². The Morgan fingerprint density at radius 2 is 2.21 bits per heavy atom. The molecule has 1 atom stereocenters. The van der Waals surface area contributed by atoms with E-state index in [4.69, 9.17) is 4.74 Å². The van der Waals surface area contributed by atoms with E-state index >= 15 is 0 Å². The second-order valence-electron chi connectivity index (χ2n) is 5.21. The molecule has 8 heteroatoms. The molecular weight excluding hydrogens is 424 g/mol. The maximum absolute atomic E-state index is 13.1. The Labute approximate surface area is 158 Å². The Kier molecular flexibility index (Phi) is 8.51. The standard InChI is InChI=1S/C16H22FN5O.HI/c1-12(23-15-6-4-5-14(17)7-15)8-19-16(18-2)20-9-13-10-21-22(3)11-13;/h4-7,10-12H,8-9H2,1-3H3,(H2,18,19,20);1H. The van der Waals surface area contributed by atoms with E-state index in [1.54, 1.807) is 30.1 Å². The van der Waals surface area contributed by atoms with Gasteiger partial charge in [0.1, 0.15) is 17.7 Å². The second kappa shape index (κ2) is 10.1. The van der Waals surface area contributed by atoms with E-state index in [-0.39, 0.29) is 35.9 Å². The number of ether oxygens (including phenoxy) is 1. The highest BCUT2D eigenvalue weighted by Crippen LogP contribution is 2.13. The molecule has 0 bridgehead atoms. The summed E-state index contributed by atoms with van der Waals surface area (Å²) in [5.74, 6) is 0.873. The normalized spacial score (nSPS) is 12.2. The van der Waals surface area contributed by atoms with Crippen molar-refractivity contribution >= 4 is 29.9 Å². The number of hydrogen-bond donors (Lipinski definition) is 2. The molecule has 1 unspecified atom stereocenters. The number of hydrogen-bond acceptors (Lipinski definition) is 3. The maximum Gasteiger partial charge on any atom is 0.191 e. The molecule has 2 aromatic rings. The minimum absolute atomic E-state index is 0. The summed E-state index contributed by atoms with van der Waals surface area (Å²) in [5, 5.41) is 10.5. The van der Waals surface area contributed by atoms with Crippen LogP contribution in [-0.2, 0) is 13.6 Å². The summed E-state index contributed by atoms with van der Waals surface area (Å²) >= 11 is 0. The Hall–Kier alpha value is -1.84. The van der Waals surface area contributed by atoms with Gasteiger partial charge in [-0.25, -0.2) is 4.39 Å². The summed E-state index contributed by atoms with van der Waals surface area (Å²) in [5.41, 5.74) is 1.07. The lowest BCUT2D eigenvalue weighted by atomic mass is 10.3. The number of aliphatic imine (C=N–C) groups is 1. The highest BCUT2D eigenvalue weighted by Gasteiger charge is 2.06. The van der Waals surface area contributed by atoms with E-state index < -0.39 is 0 Å². The number of rotatable bonds is 6. The summed E-state index contributed by atoms with van der Waals surface area (Å²) in [7, 11) is 3.58. The predicted octanol–water partition coefficient (Wildman–Crippen LogP) is 2.31. The SMILES string of the molecule is CN=C(NCc1cnn(C)c1)NCC(C)Oc1cccc(F)c1.I. The molecule has 0 fully saturated rings. The van der Waals surface area contributed by atoms with Crippen LogP contribution in [0, 0.1) is 5.82 Å². The van der Waals surface area contributed by atoms with Gasteiger partial charge in [-0.3, -0.25) is 9.67 Å². The van der Waals surface area contributed by atoms with Gasteiger partial charge in [0.15, 0.2) is 5.96 Å². The molecule has 132 valence electrons. The van der Waals surface area contributed by atoms with E-state index in [1.807, 2.05) is 20.2 Å². The van der Waals surface area contributed by atoms with Gasteiger partial charge < -0.3 is 15.4 Å². The van der Waals surface area contributed by atoms with Crippen molar-refractivity contribution in [2.45, 2.75) is 19.6 Å². The molecule has 0 amide bonds. The van der Waals surface area contributed by atoms with E-state index in [0.29, 0.717) is 24.8 Å². The Morgan fingerprint density at radius 1 is 1.42 bits per heavy atom. The summed E-state index contributed by atoms with van der Waals surface area (Å²) in [4.78, 5) is 4.15. The van der Waals surface area contributed by atoms with E-state index in [2.05, 4.69) is 20.7 Å². The van der Waals surface area contributed by atoms with Crippen LogP contribution in [0.5, 0.6) is 5.75 Å². The van der Waals surface area contributed by atoms with Crippen LogP contribution < -0.4 is 15.4 Å². The molecule has 0 radical (unpaired) electrons. The molecule has 0 aliphatic heterocycles. The van der Waals surface area contributed by atoms with Crippen LogP contribution in [0.2, 0.25) is 0 Å². The summed E-state index contributed by atoms with van der Waals surface area (Å²) in [6.45, 7) is 3.09. The van der Waals surface area contributed by atoms with Gasteiger partial charge in [0.25, 0.3) is 0 Å². The predicted molar refractivity (Wildman–Crippen MR) is 103 cm³/mol. The van der Waals surface area contributed by atoms with Crippen LogP contribution in [-0.4, -0.2) is 35.4 Å². The van der Waals surface area contributed by atoms with Gasteiger partial charge in [0.2, 0.25) is 0 Å². The lowest BCUT2D eigenvalue weighted by molar-refractivity contribution is 0.223. The van der Waals surface area contributed by atoms with Gasteiger partial charge in [0, 0.05) is 38.5 Å². The number of benzene rings is 1. The minimum Gasteiger partial charge on any atom is -0.489 e. The Bertz CT molecular complexity index is 661. The summed E-state index contributed by atoms with van der Waals surface area (Å²) in [6, 6.07) is 6.11. The second-order valence-corrected chi connectivity index (χ2v) is 5.21. The molecule has 0 spiro atoms. The highest BCUT2D eigenvalue weighted by molar-refractivity contribution is 14.0. The topological polar surface area (TPSA) is 63.5 Å². The first-order valence-electron chi connectivity index (χ1n) is 7.41. The number of nitrogens with one attached hydrogen (secondary N) is 2. The molecule has 1 aromatic carbocycles. The fourth-order valence-electron chi connectivity index (χ4n) is 2.02. The molecular formula is C16H23FIN5O. The van der Waals surface area contributed by atoms with Crippen LogP contribution >= 0.6 is 24.0 Å². The average Bonchev–Trinajstić information content (AvgIpc) is 2.93. The van der Waals surface area contributed by atoms with Crippen molar-refractivity contribution in [1.29, 1.82) is 0 Å². The van der Waals surface area contributed by atoms with Crippen molar-refractivity contribution in [3.63, 3.8) is 0 Å². The molecule has 1 aromatic heterocycles. The van der Waals surface area contributed by atoms with Gasteiger partial charge in [-0.15, -0.1) is 24.0 Å². The van der Waals surface area contributed by atoms with E-state index in [9.17, 15) is 4.39 Å². The van der Waals surface area contributed by atoms with Gasteiger partial charge in [-0.1, -0.05) is 6.07 Å². The lowest BCUT2D eigenvalue weighted by Crippen LogP contribution is -2.41. The van der Waals surface area contributed by atoms with Crippen molar-refractivity contribution in [2.75, 3.05) is 13.6 Å². The third-order valence-electron chi connectivity index (χ3n) is 3.13. The quantitative estimate of drug-likeness (QED) is 0.406. The lowest BCUT2D eigenvalue weighted by Gasteiger charge is -2.17. The fourth-order valence-corrected chi connectivity index (χ4v) is 2.02. The first-order valence-corrected chi connectivity index (χ1v) is 7.41. The zero-order chi connectivity index (χ0) is 16.7. The fraction of sp³-hybridized carbons (Fsp3) is 0.375. The average molecular weight is 447 g/mol. The number of guanidine groups is 1. The van der Waals surface area contributed by atoms with Crippen molar-refractivity contribution in [1.82, 2.24) is 20.4 Å². The largest absolute Gasteiger partial charge is 0.489 e. The van der Waals surface area contributed by atoms with Crippen LogP contribution in [0.4, 0.5) is 4.39 Å². The molecule has 0 saturated carbocycles. The smallest absolute Gasteiger partial charge is 0.191 e. The minimum atomic E-state index is -0.309. The van der Waals surface area contributed by atoms with Crippen LogP contribution in [0.1, 0.15) is 12.5 Å². The highest BCUT2D eigenvalue weighted by atomic mass is 127. The number of aromatic nitrogens is 2. The molecule has 0 aliphatic rings. The molecule has 2 N–H and O–H groups in total. The third-order valence-corrected chi connectivity index (χ3v) is 3.13. The van der Waals surface area contributed by atoms with Crippen LogP contribution in [0.15, 0.2) is 41.7 Å².